The molecule has 5 nitrogen and oxygen atoms in total. The van der Waals surface area contributed by atoms with Gasteiger partial charge in [-0.05, 0) is 17.7 Å². The van der Waals surface area contributed by atoms with Crippen LogP contribution in [0.5, 0.6) is 0 Å². The van der Waals surface area contributed by atoms with E-state index in [1.54, 1.807) is 24.4 Å². The first kappa shape index (κ1) is 10.9. The molecule has 1 heterocycles. The van der Waals surface area contributed by atoms with E-state index in [1.807, 2.05) is 12.1 Å². The van der Waals surface area contributed by atoms with E-state index in [0.717, 1.165) is 5.56 Å². The Kier molecular flexibility index (Phi) is 3.17. The van der Waals surface area contributed by atoms with Gasteiger partial charge < -0.3 is 5.32 Å². The number of H-pyrrole nitrogens is 1. The number of benzene rings is 1. The maximum Gasteiger partial charge on any atom is 0.255 e. The largest absolute Gasteiger partial charge is 0.319 e. The molecule has 0 aliphatic rings. The van der Waals surface area contributed by atoms with Crippen LogP contribution < -0.4 is 5.32 Å². The Labute approximate surface area is 98.1 Å². The number of amides is 1. The summed E-state index contributed by atoms with van der Waals surface area (Å²) in [5.41, 5.74) is 1.96. The van der Waals surface area contributed by atoms with Crippen LogP contribution in [0.4, 0.5) is 5.69 Å². The van der Waals surface area contributed by atoms with Crippen LogP contribution in [-0.2, 0) is 6.42 Å². The second-order valence-corrected chi connectivity index (χ2v) is 3.48. The number of hydrogen-bond acceptors (Lipinski definition) is 3. The van der Waals surface area contributed by atoms with Crippen molar-refractivity contribution >= 4 is 11.6 Å². The molecule has 2 N–H and O–H groups in total. The van der Waals surface area contributed by atoms with Gasteiger partial charge in [-0.2, -0.15) is 10.4 Å². The normalized spacial score (nSPS) is 9.59. The van der Waals surface area contributed by atoms with E-state index < -0.39 is 0 Å². The minimum absolute atomic E-state index is 0.216. The van der Waals surface area contributed by atoms with Crippen LogP contribution in [0.2, 0.25) is 0 Å². The fourth-order valence-electron chi connectivity index (χ4n) is 1.44. The Morgan fingerprint density at radius 1 is 1.53 bits per heavy atom. The number of carbonyl (C=O) groups excluding carboxylic acids is 1. The molecule has 0 radical (unpaired) electrons. The lowest BCUT2D eigenvalue weighted by atomic mass is 10.1. The summed E-state index contributed by atoms with van der Waals surface area (Å²) in [5, 5.41) is 17.6. The number of aromatic nitrogens is 2. The second-order valence-electron chi connectivity index (χ2n) is 3.48. The van der Waals surface area contributed by atoms with Crippen LogP contribution in [0.15, 0.2) is 36.7 Å². The van der Waals surface area contributed by atoms with Gasteiger partial charge in [0.15, 0.2) is 0 Å². The average molecular weight is 226 g/mol. The van der Waals surface area contributed by atoms with Gasteiger partial charge in [0.25, 0.3) is 5.91 Å². The minimum atomic E-state index is -0.216. The third-order valence-electron chi connectivity index (χ3n) is 2.23. The van der Waals surface area contributed by atoms with E-state index >= 15 is 0 Å². The first-order valence-corrected chi connectivity index (χ1v) is 5.05. The molecule has 17 heavy (non-hydrogen) atoms. The summed E-state index contributed by atoms with van der Waals surface area (Å²) < 4.78 is 0. The number of nitrogens with one attached hydrogen (secondary N) is 2. The van der Waals surface area contributed by atoms with E-state index in [4.69, 9.17) is 5.26 Å². The fraction of sp³-hybridized carbons (Fsp3) is 0.0833. The zero-order valence-electron chi connectivity index (χ0n) is 8.97. The van der Waals surface area contributed by atoms with Gasteiger partial charge >= 0.3 is 0 Å². The smallest absolute Gasteiger partial charge is 0.255 e. The maximum atomic E-state index is 11.8. The highest BCUT2D eigenvalue weighted by Gasteiger charge is 2.06. The zero-order chi connectivity index (χ0) is 12.1. The summed E-state index contributed by atoms with van der Waals surface area (Å²) in [5.74, 6) is -0.216. The summed E-state index contributed by atoms with van der Waals surface area (Å²) in [4.78, 5) is 11.8. The Morgan fingerprint density at radius 2 is 2.41 bits per heavy atom. The lowest BCUT2D eigenvalue weighted by Crippen LogP contribution is -2.11. The molecule has 0 bridgehead atoms. The molecule has 2 rings (SSSR count). The molecule has 0 atom stereocenters. The van der Waals surface area contributed by atoms with Crippen LogP contribution in [0.3, 0.4) is 0 Å². The van der Waals surface area contributed by atoms with Crippen molar-refractivity contribution in [2.45, 2.75) is 6.42 Å². The average Bonchev–Trinajstić information content (AvgIpc) is 2.83. The van der Waals surface area contributed by atoms with Gasteiger partial charge in [0.05, 0.1) is 24.4 Å². The molecule has 0 spiro atoms. The summed E-state index contributed by atoms with van der Waals surface area (Å²) >= 11 is 0. The van der Waals surface area contributed by atoms with Crippen molar-refractivity contribution in [3.63, 3.8) is 0 Å². The molecule has 0 aliphatic heterocycles. The van der Waals surface area contributed by atoms with Crippen molar-refractivity contribution in [2.75, 3.05) is 5.32 Å². The molecule has 0 unspecified atom stereocenters. The summed E-state index contributed by atoms with van der Waals surface area (Å²) in [6.07, 6.45) is 3.42. The number of anilines is 1. The molecular weight excluding hydrogens is 216 g/mol. The van der Waals surface area contributed by atoms with Gasteiger partial charge in [-0.15, -0.1) is 0 Å². The second kappa shape index (κ2) is 4.94. The lowest BCUT2D eigenvalue weighted by molar-refractivity contribution is 0.102. The van der Waals surface area contributed by atoms with Gasteiger partial charge in [0.2, 0.25) is 0 Å². The number of carbonyl (C=O) groups is 1. The van der Waals surface area contributed by atoms with Crippen molar-refractivity contribution in [3.05, 3.63) is 47.8 Å². The van der Waals surface area contributed by atoms with Crippen LogP contribution in [0, 0.1) is 11.3 Å². The van der Waals surface area contributed by atoms with Gasteiger partial charge in [-0.25, -0.2) is 0 Å². The molecule has 1 aromatic heterocycles. The topological polar surface area (TPSA) is 81.6 Å². The van der Waals surface area contributed by atoms with Crippen LogP contribution in [0.1, 0.15) is 15.9 Å². The molecule has 0 saturated heterocycles. The molecule has 0 aliphatic carbocycles. The van der Waals surface area contributed by atoms with E-state index in [2.05, 4.69) is 15.5 Å². The molecule has 0 saturated carbocycles. The van der Waals surface area contributed by atoms with Crippen LogP contribution in [-0.4, -0.2) is 16.1 Å². The third-order valence-corrected chi connectivity index (χ3v) is 2.23. The molecule has 2 aromatic rings. The van der Waals surface area contributed by atoms with Gasteiger partial charge in [-0.1, -0.05) is 12.1 Å². The first-order valence-electron chi connectivity index (χ1n) is 5.05. The zero-order valence-corrected chi connectivity index (χ0v) is 8.97. The quantitative estimate of drug-likeness (QED) is 0.836. The summed E-state index contributed by atoms with van der Waals surface area (Å²) in [7, 11) is 0. The van der Waals surface area contributed by atoms with E-state index in [-0.39, 0.29) is 5.91 Å². The first-order chi connectivity index (χ1) is 8.29. The molecule has 0 fully saturated rings. The number of nitrogens with zero attached hydrogens (tertiary/aromatic N) is 2. The standard InChI is InChI=1S/C12H10N4O/c13-5-4-9-2-1-3-10(6-9)12(17)16-11-7-14-15-8-11/h1-3,6-8H,4H2,(H,14,15)(H,16,17). The van der Waals surface area contributed by atoms with Crippen LogP contribution >= 0.6 is 0 Å². The highest BCUT2D eigenvalue weighted by Crippen LogP contribution is 2.09. The number of hydrogen-bond donors (Lipinski definition) is 2. The Bertz CT molecular complexity index is 554. The van der Waals surface area contributed by atoms with Crippen molar-refractivity contribution in [1.82, 2.24) is 10.2 Å². The highest BCUT2D eigenvalue weighted by atomic mass is 16.1. The maximum absolute atomic E-state index is 11.8. The third kappa shape index (κ3) is 2.69. The molecule has 1 amide bonds. The molecule has 84 valence electrons. The molecule has 5 heteroatoms. The number of nitriles is 1. The van der Waals surface area contributed by atoms with E-state index in [1.165, 1.54) is 6.20 Å². The van der Waals surface area contributed by atoms with Crippen molar-refractivity contribution in [2.24, 2.45) is 0 Å². The van der Waals surface area contributed by atoms with Gasteiger partial charge in [0, 0.05) is 11.8 Å². The predicted molar refractivity (Wildman–Crippen MR) is 62.3 cm³/mol. The lowest BCUT2D eigenvalue weighted by Gasteiger charge is -2.03. The number of rotatable bonds is 3. The van der Waals surface area contributed by atoms with Gasteiger partial charge in [-0.3, -0.25) is 9.89 Å². The van der Waals surface area contributed by atoms with Crippen molar-refractivity contribution in [1.29, 1.82) is 5.26 Å². The van der Waals surface area contributed by atoms with Gasteiger partial charge in [0.1, 0.15) is 0 Å². The monoisotopic (exact) mass is 226 g/mol. The van der Waals surface area contributed by atoms with Crippen molar-refractivity contribution in [3.8, 4) is 6.07 Å². The van der Waals surface area contributed by atoms with E-state index in [0.29, 0.717) is 17.7 Å². The summed E-state index contributed by atoms with van der Waals surface area (Å²) in [6, 6.07) is 9.04. The Morgan fingerprint density at radius 3 is 3.12 bits per heavy atom. The molecule has 1 aromatic carbocycles. The van der Waals surface area contributed by atoms with E-state index in [9.17, 15) is 4.79 Å². The Balaban J connectivity index is 2.14. The highest BCUT2D eigenvalue weighted by molar-refractivity contribution is 6.04. The van der Waals surface area contributed by atoms with Crippen molar-refractivity contribution < 1.29 is 4.79 Å². The van der Waals surface area contributed by atoms with Crippen LogP contribution in [0.25, 0.3) is 0 Å². The molecular formula is C12H10N4O. The SMILES string of the molecule is N#CCc1cccc(C(=O)Nc2cn[nH]c2)c1. The predicted octanol–water partition coefficient (Wildman–Crippen LogP) is 1.73. The minimum Gasteiger partial charge on any atom is -0.319 e. The Hall–Kier alpha value is -2.61. The summed E-state index contributed by atoms with van der Waals surface area (Å²) in [6.45, 7) is 0. The number of aromatic amines is 1. The fourth-order valence-corrected chi connectivity index (χ4v) is 1.44.